The Labute approximate surface area is 138 Å². The molecule has 0 aliphatic heterocycles. The number of carbonyl (C=O) groups excluding carboxylic acids is 1. The fourth-order valence-electron chi connectivity index (χ4n) is 2.85. The quantitative estimate of drug-likeness (QED) is 0.824. The first-order valence-electron chi connectivity index (χ1n) is 8.44. The first kappa shape index (κ1) is 17.5. The van der Waals surface area contributed by atoms with Crippen LogP contribution < -0.4 is 5.32 Å². The highest BCUT2D eigenvalue weighted by Crippen LogP contribution is 2.22. The van der Waals surface area contributed by atoms with Crippen LogP contribution in [0.1, 0.15) is 39.7 Å². The molecule has 2 aromatic rings. The van der Waals surface area contributed by atoms with Crippen LogP contribution in [0, 0.1) is 5.92 Å². The molecule has 0 saturated carbocycles. The van der Waals surface area contributed by atoms with Gasteiger partial charge in [0.15, 0.2) is 0 Å². The molecule has 0 aliphatic rings. The number of carbonyl (C=O) groups is 1. The monoisotopic (exact) mass is 316 g/mol. The third kappa shape index (κ3) is 3.94. The highest BCUT2D eigenvalue weighted by molar-refractivity contribution is 5.89. The summed E-state index contributed by atoms with van der Waals surface area (Å²) in [7, 11) is 0. The van der Waals surface area contributed by atoms with Gasteiger partial charge in [0, 0.05) is 30.2 Å². The Morgan fingerprint density at radius 2 is 2.04 bits per heavy atom. The van der Waals surface area contributed by atoms with Crippen molar-refractivity contribution in [3.63, 3.8) is 0 Å². The number of aromatic nitrogens is 1. The molecule has 1 aromatic carbocycles. The van der Waals surface area contributed by atoms with Gasteiger partial charge < -0.3 is 15.0 Å². The number of rotatable bonds is 7. The van der Waals surface area contributed by atoms with Crippen LogP contribution in [0.4, 0.5) is 0 Å². The van der Waals surface area contributed by atoms with E-state index < -0.39 is 5.60 Å². The molecule has 1 heterocycles. The molecule has 0 saturated heterocycles. The molecular weight excluding hydrogens is 288 g/mol. The lowest BCUT2D eigenvalue weighted by Gasteiger charge is -2.29. The van der Waals surface area contributed by atoms with Gasteiger partial charge in [0.2, 0.25) is 5.91 Å². The molecule has 2 unspecified atom stereocenters. The Bertz CT molecular complexity index is 673. The van der Waals surface area contributed by atoms with Crippen LogP contribution in [0.3, 0.4) is 0 Å². The lowest BCUT2D eigenvalue weighted by atomic mass is 9.88. The van der Waals surface area contributed by atoms with E-state index in [4.69, 9.17) is 0 Å². The topological polar surface area (TPSA) is 54.3 Å². The van der Waals surface area contributed by atoms with Crippen molar-refractivity contribution in [1.29, 1.82) is 0 Å². The summed E-state index contributed by atoms with van der Waals surface area (Å²) in [5.41, 5.74) is 1.31. The molecule has 2 rings (SSSR count). The molecule has 126 valence electrons. The van der Waals surface area contributed by atoms with E-state index in [9.17, 15) is 9.90 Å². The maximum absolute atomic E-state index is 12.3. The summed E-state index contributed by atoms with van der Waals surface area (Å²) < 4.78 is 2.16. The van der Waals surface area contributed by atoms with Crippen molar-refractivity contribution < 1.29 is 9.90 Å². The Kier molecular flexibility index (Phi) is 5.47. The normalized spacial score (nSPS) is 15.3. The zero-order valence-corrected chi connectivity index (χ0v) is 14.6. The largest absolute Gasteiger partial charge is 0.388 e. The second kappa shape index (κ2) is 7.18. The van der Waals surface area contributed by atoms with Crippen molar-refractivity contribution in [2.24, 2.45) is 5.92 Å². The van der Waals surface area contributed by atoms with Gasteiger partial charge in [-0.25, -0.2) is 0 Å². The number of nitrogens with one attached hydrogen (secondary N) is 1. The molecule has 4 heteroatoms. The van der Waals surface area contributed by atoms with Crippen LogP contribution in [-0.2, 0) is 17.8 Å². The molecule has 0 aliphatic carbocycles. The first-order chi connectivity index (χ1) is 10.9. The van der Waals surface area contributed by atoms with Gasteiger partial charge in [-0.15, -0.1) is 0 Å². The summed E-state index contributed by atoms with van der Waals surface area (Å²) in [6.07, 6.45) is 3.27. The van der Waals surface area contributed by atoms with Gasteiger partial charge in [-0.05, 0) is 31.4 Å². The van der Waals surface area contributed by atoms with E-state index in [0.29, 0.717) is 6.42 Å². The average molecular weight is 316 g/mol. The third-order valence-electron chi connectivity index (χ3n) is 4.88. The molecule has 0 spiro atoms. The average Bonchev–Trinajstić information content (AvgIpc) is 2.90. The molecule has 2 N–H and O–H groups in total. The van der Waals surface area contributed by atoms with Crippen LogP contribution in [-0.4, -0.2) is 27.7 Å². The number of benzene rings is 1. The van der Waals surface area contributed by atoms with Crippen molar-refractivity contribution in [1.82, 2.24) is 9.88 Å². The number of hydrogen-bond donors (Lipinski definition) is 2. The maximum atomic E-state index is 12.3. The molecular formula is C19H28N2O2. The Morgan fingerprint density at radius 1 is 1.35 bits per heavy atom. The van der Waals surface area contributed by atoms with E-state index in [2.05, 4.69) is 35.1 Å². The number of para-hydroxylation sites is 1. The lowest BCUT2D eigenvalue weighted by Crippen LogP contribution is -2.45. The summed E-state index contributed by atoms with van der Waals surface area (Å²) in [5.74, 6) is 0.0948. The Morgan fingerprint density at radius 3 is 2.70 bits per heavy atom. The van der Waals surface area contributed by atoms with E-state index in [0.717, 1.165) is 29.4 Å². The Hall–Kier alpha value is -1.81. The molecule has 2 atom stereocenters. The minimum Gasteiger partial charge on any atom is -0.388 e. The zero-order valence-electron chi connectivity index (χ0n) is 14.6. The van der Waals surface area contributed by atoms with Gasteiger partial charge >= 0.3 is 0 Å². The molecule has 0 radical (unpaired) electrons. The van der Waals surface area contributed by atoms with E-state index in [1.807, 2.05) is 26.0 Å². The minimum atomic E-state index is -0.873. The summed E-state index contributed by atoms with van der Waals surface area (Å²) in [6.45, 7) is 9.09. The van der Waals surface area contributed by atoms with Gasteiger partial charge in [-0.3, -0.25) is 4.79 Å². The Balaban J connectivity index is 2.07. The van der Waals surface area contributed by atoms with Crippen molar-refractivity contribution in [2.45, 2.75) is 52.7 Å². The first-order valence-corrected chi connectivity index (χ1v) is 8.44. The lowest BCUT2D eigenvalue weighted by molar-refractivity contribution is -0.122. The van der Waals surface area contributed by atoms with Crippen molar-refractivity contribution in [3.8, 4) is 0 Å². The van der Waals surface area contributed by atoms with Crippen LogP contribution >= 0.6 is 0 Å². The highest BCUT2D eigenvalue weighted by Gasteiger charge is 2.27. The molecule has 0 bridgehead atoms. The summed E-state index contributed by atoms with van der Waals surface area (Å²) in [5, 5.41) is 14.4. The number of amides is 1. The smallest absolute Gasteiger partial charge is 0.224 e. The van der Waals surface area contributed by atoms with Gasteiger partial charge in [0.25, 0.3) is 0 Å². The predicted molar refractivity (Wildman–Crippen MR) is 94.4 cm³/mol. The number of aryl methyl sites for hydroxylation is 1. The van der Waals surface area contributed by atoms with Crippen LogP contribution in [0.15, 0.2) is 30.5 Å². The second-order valence-corrected chi connectivity index (χ2v) is 6.58. The summed E-state index contributed by atoms with van der Waals surface area (Å²) in [6, 6.07) is 8.15. The van der Waals surface area contributed by atoms with E-state index in [-0.39, 0.29) is 18.4 Å². The van der Waals surface area contributed by atoms with Crippen molar-refractivity contribution >= 4 is 16.8 Å². The number of fused-ring (bicyclic) bond motifs is 1. The van der Waals surface area contributed by atoms with Crippen molar-refractivity contribution in [2.75, 3.05) is 6.54 Å². The zero-order chi connectivity index (χ0) is 17.0. The van der Waals surface area contributed by atoms with E-state index in [1.165, 1.54) is 0 Å². The van der Waals surface area contributed by atoms with Gasteiger partial charge in [-0.2, -0.15) is 0 Å². The minimum absolute atomic E-state index is 0.0485. The van der Waals surface area contributed by atoms with Crippen LogP contribution in [0.5, 0.6) is 0 Å². The highest BCUT2D eigenvalue weighted by atomic mass is 16.3. The number of hydrogen-bond acceptors (Lipinski definition) is 2. The SMILES string of the molecule is CCC(C)C(C)(O)CNC(=O)Cc1cn(CC)c2ccccc12. The molecule has 0 fully saturated rings. The third-order valence-corrected chi connectivity index (χ3v) is 4.88. The van der Waals surface area contributed by atoms with Crippen LogP contribution in [0.25, 0.3) is 10.9 Å². The summed E-state index contributed by atoms with van der Waals surface area (Å²) >= 11 is 0. The van der Waals surface area contributed by atoms with Gasteiger partial charge in [0.05, 0.1) is 12.0 Å². The van der Waals surface area contributed by atoms with Crippen LogP contribution in [0.2, 0.25) is 0 Å². The van der Waals surface area contributed by atoms with Crippen molar-refractivity contribution in [3.05, 3.63) is 36.0 Å². The van der Waals surface area contributed by atoms with Gasteiger partial charge in [0.1, 0.15) is 0 Å². The van der Waals surface area contributed by atoms with E-state index >= 15 is 0 Å². The van der Waals surface area contributed by atoms with Gasteiger partial charge in [-0.1, -0.05) is 38.5 Å². The fraction of sp³-hybridized carbons (Fsp3) is 0.526. The maximum Gasteiger partial charge on any atom is 0.224 e. The fourth-order valence-corrected chi connectivity index (χ4v) is 2.85. The number of nitrogens with zero attached hydrogens (tertiary/aromatic N) is 1. The standard InChI is InChI=1S/C19H28N2O2/c1-5-14(3)19(4,23)13-20-18(22)11-15-12-21(6-2)17-10-8-7-9-16(15)17/h7-10,12,14,23H,5-6,11,13H2,1-4H3,(H,20,22). The van der Waals surface area contributed by atoms with E-state index in [1.54, 1.807) is 6.92 Å². The molecule has 23 heavy (non-hydrogen) atoms. The second-order valence-electron chi connectivity index (χ2n) is 6.58. The number of aliphatic hydroxyl groups is 1. The molecule has 1 aromatic heterocycles. The molecule has 4 nitrogen and oxygen atoms in total. The molecule has 1 amide bonds. The summed E-state index contributed by atoms with van der Waals surface area (Å²) in [4.78, 5) is 12.3. The predicted octanol–water partition coefficient (Wildman–Crippen LogP) is 3.12.